The van der Waals surface area contributed by atoms with Crippen LogP contribution in [0.3, 0.4) is 0 Å². The molecule has 1 rings (SSSR count). The number of carbonyl (C=O) groups is 2. The van der Waals surface area contributed by atoms with Crippen molar-refractivity contribution in [1.29, 1.82) is 0 Å². The molecule has 0 saturated heterocycles. The van der Waals surface area contributed by atoms with Gasteiger partial charge in [-0.15, -0.1) is 0 Å². The molecule has 4 nitrogen and oxygen atoms in total. The van der Waals surface area contributed by atoms with E-state index < -0.39 is 17.3 Å². The van der Waals surface area contributed by atoms with Crippen LogP contribution in [0.15, 0.2) is 18.2 Å². The second kappa shape index (κ2) is 5.16. The van der Waals surface area contributed by atoms with Crippen LogP contribution in [0.1, 0.15) is 18.1 Å². The molecule has 0 aliphatic rings. The van der Waals surface area contributed by atoms with Gasteiger partial charge in [-0.05, 0) is 43.5 Å². The van der Waals surface area contributed by atoms with Crippen molar-refractivity contribution in [2.45, 2.75) is 20.3 Å². The summed E-state index contributed by atoms with van der Waals surface area (Å²) in [4.78, 5) is 23.0. The molecule has 1 amide bonds. The van der Waals surface area contributed by atoms with Gasteiger partial charge in [-0.1, -0.05) is 6.07 Å². The molecule has 1 aromatic carbocycles. The SMILES string of the molecule is CNC(=O)C(C)(Cc1ccc(F)cc1C)C(=O)O. The van der Waals surface area contributed by atoms with Gasteiger partial charge in [0, 0.05) is 7.05 Å². The standard InChI is InChI=1S/C13H16FNO3/c1-8-6-10(14)5-4-9(8)7-13(2,12(17)18)11(16)15-3/h4-6H,7H2,1-3H3,(H,15,16)(H,17,18). The van der Waals surface area contributed by atoms with Gasteiger partial charge in [-0.3, -0.25) is 9.59 Å². The van der Waals surface area contributed by atoms with Gasteiger partial charge in [0.1, 0.15) is 11.2 Å². The van der Waals surface area contributed by atoms with E-state index in [0.29, 0.717) is 11.1 Å². The van der Waals surface area contributed by atoms with E-state index in [9.17, 15) is 19.1 Å². The lowest BCUT2D eigenvalue weighted by Crippen LogP contribution is -2.44. The lowest BCUT2D eigenvalue weighted by Gasteiger charge is -2.23. The third-order valence-corrected chi connectivity index (χ3v) is 3.05. The first-order valence-corrected chi connectivity index (χ1v) is 5.52. The quantitative estimate of drug-likeness (QED) is 0.799. The summed E-state index contributed by atoms with van der Waals surface area (Å²) >= 11 is 0. The van der Waals surface area contributed by atoms with Gasteiger partial charge >= 0.3 is 5.97 Å². The van der Waals surface area contributed by atoms with E-state index in [1.165, 1.54) is 32.2 Å². The number of carbonyl (C=O) groups excluding carboxylic acids is 1. The molecule has 0 aromatic heterocycles. The minimum Gasteiger partial charge on any atom is -0.480 e. The highest BCUT2D eigenvalue weighted by molar-refractivity contribution is 6.01. The molecule has 1 aromatic rings. The zero-order valence-corrected chi connectivity index (χ0v) is 10.6. The molecule has 18 heavy (non-hydrogen) atoms. The van der Waals surface area contributed by atoms with Crippen LogP contribution in [0.5, 0.6) is 0 Å². The lowest BCUT2D eigenvalue weighted by molar-refractivity contribution is -0.154. The van der Waals surface area contributed by atoms with Crippen LogP contribution in [-0.4, -0.2) is 24.0 Å². The zero-order chi connectivity index (χ0) is 13.9. The molecule has 0 aliphatic heterocycles. The van der Waals surface area contributed by atoms with Crippen LogP contribution in [0.2, 0.25) is 0 Å². The third kappa shape index (κ3) is 2.67. The molecular weight excluding hydrogens is 237 g/mol. The second-order valence-corrected chi connectivity index (χ2v) is 4.46. The average Bonchev–Trinajstić information content (AvgIpc) is 2.31. The van der Waals surface area contributed by atoms with E-state index in [-0.39, 0.29) is 12.2 Å². The molecule has 98 valence electrons. The smallest absolute Gasteiger partial charge is 0.319 e. The van der Waals surface area contributed by atoms with Crippen LogP contribution < -0.4 is 5.32 Å². The molecule has 0 saturated carbocycles. The summed E-state index contributed by atoms with van der Waals surface area (Å²) in [5.41, 5.74) is -0.284. The number of carboxylic acid groups (broad SMARTS) is 1. The first-order chi connectivity index (χ1) is 8.31. The van der Waals surface area contributed by atoms with Gasteiger partial charge in [0.05, 0.1) is 0 Å². The van der Waals surface area contributed by atoms with Crippen LogP contribution >= 0.6 is 0 Å². The summed E-state index contributed by atoms with van der Waals surface area (Å²) in [7, 11) is 1.39. The van der Waals surface area contributed by atoms with E-state index in [1.54, 1.807) is 6.92 Å². The maximum Gasteiger partial charge on any atom is 0.319 e. The van der Waals surface area contributed by atoms with Crippen LogP contribution in [0.25, 0.3) is 0 Å². The van der Waals surface area contributed by atoms with Crippen molar-refractivity contribution in [2.75, 3.05) is 7.05 Å². The molecule has 0 radical (unpaired) electrons. The third-order valence-electron chi connectivity index (χ3n) is 3.05. The number of hydrogen-bond donors (Lipinski definition) is 2. The summed E-state index contributed by atoms with van der Waals surface area (Å²) in [5, 5.41) is 11.6. The monoisotopic (exact) mass is 253 g/mol. The number of aliphatic carboxylic acids is 1. The Morgan fingerprint density at radius 3 is 2.50 bits per heavy atom. The molecule has 0 heterocycles. The number of amides is 1. The lowest BCUT2D eigenvalue weighted by atomic mass is 9.81. The minimum absolute atomic E-state index is 0.0219. The van der Waals surface area contributed by atoms with E-state index in [1.807, 2.05) is 0 Å². The van der Waals surface area contributed by atoms with E-state index >= 15 is 0 Å². The topological polar surface area (TPSA) is 66.4 Å². The van der Waals surface area contributed by atoms with E-state index in [4.69, 9.17) is 0 Å². The van der Waals surface area contributed by atoms with Crippen LogP contribution in [0.4, 0.5) is 4.39 Å². The number of rotatable bonds is 4. The first-order valence-electron chi connectivity index (χ1n) is 5.52. The van der Waals surface area contributed by atoms with E-state index in [0.717, 1.165) is 0 Å². The number of aryl methyl sites for hydroxylation is 1. The van der Waals surface area contributed by atoms with Gasteiger partial charge in [0.15, 0.2) is 0 Å². The second-order valence-electron chi connectivity index (χ2n) is 4.46. The highest BCUT2D eigenvalue weighted by Crippen LogP contribution is 2.25. The van der Waals surface area contributed by atoms with Crippen LogP contribution in [0, 0.1) is 18.2 Å². The first kappa shape index (κ1) is 14.2. The molecule has 0 spiro atoms. The number of benzene rings is 1. The van der Waals surface area contributed by atoms with Crippen molar-refractivity contribution in [2.24, 2.45) is 5.41 Å². The number of nitrogens with one attached hydrogen (secondary N) is 1. The highest BCUT2D eigenvalue weighted by Gasteiger charge is 2.41. The zero-order valence-electron chi connectivity index (χ0n) is 10.6. The van der Waals surface area contributed by atoms with Gasteiger partial charge in [-0.2, -0.15) is 0 Å². The Kier molecular flexibility index (Phi) is 4.06. The molecule has 0 fully saturated rings. The molecule has 0 bridgehead atoms. The summed E-state index contributed by atoms with van der Waals surface area (Å²) in [6, 6.07) is 4.09. The van der Waals surface area contributed by atoms with Gasteiger partial charge in [0.25, 0.3) is 0 Å². The Morgan fingerprint density at radius 2 is 2.06 bits per heavy atom. The van der Waals surface area contributed by atoms with Gasteiger partial charge in [0.2, 0.25) is 5.91 Å². The van der Waals surface area contributed by atoms with Crippen molar-refractivity contribution in [3.63, 3.8) is 0 Å². The maximum atomic E-state index is 13.0. The average molecular weight is 253 g/mol. The fourth-order valence-corrected chi connectivity index (χ4v) is 1.77. The fourth-order valence-electron chi connectivity index (χ4n) is 1.77. The van der Waals surface area contributed by atoms with E-state index in [2.05, 4.69) is 5.32 Å². The van der Waals surface area contributed by atoms with Crippen LogP contribution in [-0.2, 0) is 16.0 Å². The van der Waals surface area contributed by atoms with Gasteiger partial charge < -0.3 is 10.4 Å². The number of halogens is 1. The predicted molar refractivity (Wildman–Crippen MR) is 64.7 cm³/mol. The number of carboxylic acids is 1. The van der Waals surface area contributed by atoms with Crippen molar-refractivity contribution >= 4 is 11.9 Å². The van der Waals surface area contributed by atoms with Crippen molar-refractivity contribution in [1.82, 2.24) is 5.32 Å². The summed E-state index contributed by atoms with van der Waals surface area (Å²) in [6.07, 6.45) is 0.0219. The maximum absolute atomic E-state index is 13.0. The Morgan fingerprint density at radius 1 is 1.44 bits per heavy atom. The summed E-state index contributed by atoms with van der Waals surface area (Å²) < 4.78 is 13.0. The molecular formula is C13H16FNO3. The van der Waals surface area contributed by atoms with Crippen molar-refractivity contribution < 1.29 is 19.1 Å². The normalized spacial score (nSPS) is 13.8. The Hall–Kier alpha value is -1.91. The Bertz CT molecular complexity index is 487. The largest absolute Gasteiger partial charge is 0.480 e. The van der Waals surface area contributed by atoms with Gasteiger partial charge in [-0.25, -0.2) is 4.39 Å². The molecule has 2 N–H and O–H groups in total. The predicted octanol–water partition coefficient (Wildman–Crippen LogP) is 1.51. The fraction of sp³-hybridized carbons (Fsp3) is 0.385. The Labute approximate surface area is 105 Å². The minimum atomic E-state index is -1.56. The van der Waals surface area contributed by atoms with Crippen molar-refractivity contribution in [3.8, 4) is 0 Å². The molecule has 0 aliphatic carbocycles. The molecule has 1 atom stereocenters. The summed E-state index contributed by atoms with van der Waals surface area (Å²) in [6.45, 7) is 3.04. The highest BCUT2D eigenvalue weighted by atomic mass is 19.1. The Balaban J connectivity index is 3.12. The summed E-state index contributed by atoms with van der Waals surface area (Å²) in [5.74, 6) is -2.16. The molecule has 5 heteroatoms. The molecule has 1 unspecified atom stereocenters. The number of hydrogen-bond acceptors (Lipinski definition) is 2. The van der Waals surface area contributed by atoms with Crippen molar-refractivity contribution in [3.05, 3.63) is 35.1 Å².